The predicted molar refractivity (Wildman–Crippen MR) is 67.1 cm³/mol. The fourth-order valence-corrected chi connectivity index (χ4v) is 2.01. The molecule has 1 N–H and O–H groups in total. The van der Waals surface area contributed by atoms with E-state index in [1.54, 1.807) is 0 Å². The van der Waals surface area contributed by atoms with Gasteiger partial charge in [-0.15, -0.1) is 0 Å². The van der Waals surface area contributed by atoms with Crippen LogP contribution in [0.3, 0.4) is 0 Å². The highest BCUT2D eigenvalue weighted by atomic mass is 32.1. The van der Waals surface area contributed by atoms with E-state index in [1.165, 1.54) is 12.8 Å². The Balaban J connectivity index is 2.26. The molecule has 0 saturated carbocycles. The lowest BCUT2D eigenvalue weighted by atomic mass is 10.1. The zero-order valence-electron chi connectivity index (χ0n) is 9.95. The molecule has 3 nitrogen and oxygen atoms in total. The summed E-state index contributed by atoms with van der Waals surface area (Å²) in [6.07, 6.45) is 4.00. The third kappa shape index (κ3) is 4.80. The molecule has 1 aliphatic rings. The molecule has 1 fully saturated rings. The summed E-state index contributed by atoms with van der Waals surface area (Å²) in [5, 5.41) is 4.05. The quantitative estimate of drug-likeness (QED) is 0.747. The number of nitrogens with one attached hydrogen (secondary N) is 1. The standard InChI is InChI=1S/C11H22N2OS/c1-9(2)12-11(15)13(3)8-10-6-4-5-7-14-10/h9-10H,4-8H2,1-3H3,(H,12,15). The van der Waals surface area contributed by atoms with Gasteiger partial charge < -0.3 is 15.0 Å². The molecule has 0 aromatic heterocycles. The van der Waals surface area contributed by atoms with Gasteiger partial charge in [0, 0.05) is 26.2 Å². The van der Waals surface area contributed by atoms with Crippen molar-refractivity contribution in [3.63, 3.8) is 0 Å². The first-order chi connectivity index (χ1) is 7.09. The molecule has 4 heteroatoms. The summed E-state index contributed by atoms with van der Waals surface area (Å²) in [5.74, 6) is 0. The van der Waals surface area contributed by atoms with Crippen molar-refractivity contribution in [2.24, 2.45) is 0 Å². The Morgan fingerprint density at radius 1 is 1.53 bits per heavy atom. The third-order valence-corrected chi connectivity index (χ3v) is 2.94. The second-order valence-electron chi connectivity index (χ2n) is 4.47. The normalized spacial score (nSPS) is 21.5. The summed E-state index contributed by atoms with van der Waals surface area (Å²) in [6, 6.07) is 0.396. The summed E-state index contributed by atoms with van der Waals surface area (Å²) in [4.78, 5) is 2.07. The Bertz CT molecular complexity index is 203. The van der Waals surface area contributed by atoms with Crippen molar-refractivity contribution in [2.75, 3.05) is 20.2 Å². The van der Waals surface area contributed by atoms with Crippen LogP contribution in [-0.2, 0) is 4.74 Å². The van der Waals surface area contributed by atoms with Crippen molar-refractivity contribution in [1.29, 1.82) is 0 Å². The van der Waals surface area contributed by atoms with Gasteiger partial charge in [0.05, 0.1) is 6.10 Å². The van der Waals surface area contributed by atoms with Crippen LogP contribution < -0.4 is 5.32 Å². The minimum absolute atomic E-state index is 0.357. The summed E-state index contributed by atoms with van der Waals surface area (Å²) in [5.41, 5.74) is 0. The Labute approximate surface area is 98.2 Å². The van der Waals surface area contributed by atoms with Crippen molar-refractivity contribution >= 4 is 17.3 Å². The number of nitrogens with zero attached hydrogens (tertiary/aromatic N) is 1. The molecule has 0 aromatic carbocycles. The van der Waals surface area contributed by atoms with Crippen molar-refractivity contribution in [2.45, 2.75) is 45.3 Å². The molecule has 1 unspecified atom stereocenters. The molecule has 0 aromatic rings. The van der Waals surface area contributed by atoms with Gasteiger partial charge in [-0.05, 0) is 45.3 Å². The van der Waals surface area contributed by atoms with Crippen LogP contribution in [0, 0.1) is 0 Å². The van der Waals surface area contributed by atoms with Gasteiger partial charge >= 0.3 is 0 Å². The SMILES string of the molecule is CC(C)NC(=S)N(C)CC1CCCCO1. The summed E-state index contributed by atoms with van der Waals surface area (Å²) < 4.78 is 5.67. The Hall–Kier alpha value is -0.350. The largest absolute Gasteiger partial charge is 0.376 e. The molecule has 15 heavy (non-hydrogen) atoms. The highest BCUT2D eigenvalue weighted by molar-refractivity contribution is 7.80. The van der Waals surface area contributed by atoms with Gasteiger partial charge in [-0.1, -0.05) is 0 Å². The minimum Gasteiger partial charge on any atom is -0.376 e. The van der Waals surface area contributed by atoms with Crippen molar-refractivity contribution in [3.05, 3.63) is 0 Å². The molecule has 1 saturated heterocycles. The minimum atomic E-state index is 0.357. The molecule has 1 rings (SSSR count). The number of rotatable bonds is 3. The number of hydrogen-bond donors (Lipinski definition) is 1. The highest BCUT2D eigenvalue weighted by Crippen LogP contribution is 2.13. The first kappa shape index (κ1) is 12.7. The van der Waals surface area contributed by atoms with Gasteiger partial charge in [-0.2, -0.15) is 0 Å². The van der Waals surface area contributed by atoms with E-state index in [0.717, 1.165) is 24.7 Å². The van der Waals surface area contributed by atoms with Gasteiger partial charge in [-0.3, -0.25) is 0 Å². The molecular formula is C11H22N2OS. The number of ether oxygens (including phenoxy) is 1. The molecule has 0 amide bonds. The molecule has 0 spiro atoms. The van der Waals surface area contributed by atoms with E-state index >= 15 is 0 Å². The van der Waals surface area contributed by atoms with Gasteiger partial charge in [-0.25, -0.2) is 0 Å². The monoisotopic (exact) mass is 230 g/mol. The molecule has 1 heterocycles. The maximum absolute atomic E-state index is 5.67. The second kappa shape index (κ2) is 6.28. The third-order valence-electron chi connectivity index (χ3n) is 2.51. The van der Waals surface area contributed by atoms with Gasteiger partial charge in [0.25, 0.3) is 0 Å². The fraction of sp³-hybridized carbons (Fsp3) is 0.909. The lowest BCUT2D eigenvalue weighted by molar-refractivity contribution is 0.00703. The molecular weight excluding hydrogens is 208 g/mol. The van der Waals surface area contributed by atoms with E-state index in [-0.39, 0.29) is 0 Å². The van der Waals surface area contributed by atoms with E-state index in [0.29, 0.717) is 12.1 Å². The zero-order valence-corrected chi connectivity index (χ0v) is 10.8. The van der Waals surface area contributed by atoms with E-state index in [2.05, 4.69) is 24.1 Å². The average molecular weight is 230 g/mol. The van der Waals surface area contributed by atoms with E-state index in [4.69, 9.17) is 17.0 Å². The van der Waals surface area contributed by atoms with Crippen LogP contribution in [0.4, 0.5) is 0 Å². The van der Waals surface area contributed by atoms with E-state index in [9.17, 15) is 0 Å². The molecule has 1 atom stereocenters. The molecule has 0 bridgehead atoms. The second-order valence-corrected chi connectivity index (χ2v) is 4.86. The van der Waals surface area contributed by atoms with Crippen LogP contribution in [0.1, 0.15) is 33.1 Å². The highest BCUT2D eigenvalue weighted by Gasteiger charge is 2.17. The van der Waals surface area contributed by atoms with Crippen LogP contribution in [0.15, 0.2) is 0 Å². The molecule has 0 aliphatic carbocycles. The lowest BCUT2D eigenvalue weighted by Crippen LogP contribution is -2.44. The first-order valence-corrected chi connectivity index (χ1v) is 6.13. The maximum atomic E-state index is 5.67. The topological polar surface area (TPSA) is 24.5 Å². The van der Waals surface area contributed by atoms with Crippen LogP contribution >= 0.6 is 12.2 Å². The predicted octanol–water partition coefficient (Wildman–Crippen LogP) is 1.77. The van der Waals surface area contributed by atoms with Gasteiger partial charge in [0.15, 0.2) is 5.11 Å². The lowest BCUT2D eigenvalue weighted by Gasteiger charge is -2.29. The Morgan fingerprint density at radius 2 is 2.27 bits per heavy atom. The van der Waals surface area contributed by atoms with E-state index in [1.807, 2.05) is 7.05 Å². The van der Waals surface area contributed by atoms with Crippen molar-refractivity contribution in [1.82, 2.24) is 10.2 Å². The maximum Gasteiger partial charge on any atom is 0.168 e. The molecule has 0 radical (unpaired) electrons. The average Bonchev–Trinajstić information content (AvgIpc) is 2.18. The Morgan fingerprint density at radius 3 is 2.80 bits per heavy atom. The molecule has 1 aliphatic heterocycles. The molecule has 88 valence electrons. The van der Waals surface area contributed by atoms with Gasteiger partial charge in [0.1, 0.15) is 0 Å². The van der Waals surface area contributed by atoms with Gasteiger partial charge in [0.2, 0.25) is 0 Å². The number of hydrogen-bond acceptors (Lipinski definition) is 2. The van der Waals surface area contributed by atoms with Crippen LogP contribution in [-0.4, -0.2) is 42.4 Å². The smallest absolute Gasteiger partial charge is 0.168 e. The summed E-state index contributed by atoms with van der Waals surface area (Å²) in [7, 11) is 2.02. The van der Waals surface area contributed by atoms with Crippen LogP contribution in [0.5, 0.6) is 0 Å². The number of thiocarbonyl (C=S) groups is 1. The summed E-state index contributed by atoms with van der Waals surface area (Å²) in [6.45, 7) is 6.00. The van der Waals surface area contributed by atoms with Crippen molar-refractivity contribution in [3.8, 4) is 0 Å². The van der Waals surface area contributed by atoms with Crippen molar-refractivity contribution < 1.29 is 4.74 Å². The van der Waals surface area contributed by atoms with Crippen LogP contribution in [0.2, 0.25) is 0 Å². The first-order valence-electron chi connectivity index (χ1n) is 5.73. The fourth-order valence-electron chi connectivity index (χ4n) is 1.70. The van der Waals surface area contributed by atoms with E-state index < -0.39 is 0 Å². The van der Waals surface area contributed by atoms with Crippen LogP contribution in [0.25, 0.3) is 0 Å². The zero-order chi connectivity index (χ0) is 11.3. The number of likely N-dealkylation sites (N-methyl/N-ethyl adjacent to an activating group) is 1. The Kier molecular flexibility index (Phi) is 5.32. The summed E-state index contributed by atoms with van der Waals surface area (Å²) >= 11 is 5.28.